The van der Waals surface area contributed by atoms with Gasteiger partial charge in [-0.25, -0.2) is 0 Å². The third-order valence-electron chi connectivity index (χ3n) is 7.05. The van der Waals surface area contributed by atoms with E-state index in [2.05, 4.69) is 34.7 Å². The van der Waals surface area contributed by atoms with Crippen molar-refractivity contribution in [2.75, 3.05) is 31.8 Å². The van der Waals surface area contributed by atoms with Crippen LogP contribution in [0.5, 0.6) is 23.0 Å². The van der Waals surface area contributed by atoms with Crippen LogP contribution < -0.4 is 9.47 Å². The lowest BCUT2D eigenvalue weighted by Crippen LogP contribution is -2.07. The predicted molar refractivity (Wildman–Crippen MR) is 180 cm³/mol. The Morgan fingerprint density at radius 3 is 2.33 bits per heavy atom. The number of ketones is 1. The second-order valence-corrected chi connectivity index (χ2v) is 12.6. The number of hydrogen-bond acceptors (Lipinski definition) is 8. The summed E-state index contributed by atoms with van der Waals surface area (Å²) < 4.78 is 17.5. The van der Waals surface area contributed by atoms with E-state index in [1.807, 2.05) is 31.2 Å². The van der Waals surface area contributed by atoms with Gasteiger partial charge in [-0.2, -0.15) is 11.8 Å². The highest BCUT2D eigenvalue weighted by atomic mass is 127. The van der Waals surface area contributed by atoms with E-state index in [0.29, 0.717) is 49.4 Å². The Balaban J connectivity index is 1.55. The van der Waals surface area contributed by atoms with Crippen molar-refractivity contribution in [3.63, 3.8) is 0 Å². The molecule has 0 spiro atoms. The van der Waals surface area contributed by atoms with Crippen LogP contribution in [0.25, 0.3) is 0 Å². The number of phenolic OH excluding ortho intramolecular Hbond substituents is 2. The van der Waals surface area contributed by atoms with Crippen LogP contribution in [0.2, 0.25) is 0 Å². The number of carbonyl (C=O) groups is 2. The summed E-state index contributed by atoms with van der Waals surface area (Å²) in [6, 6.07) is 17.3. The van der Waals surface area contributed by atoms with Gasteiger partial charge in [0.1, 0.15) is 23.0 Å². The number of aromatic hydroxyl groups is 2. The van der Waals surface area contributed by atoms with Crippen LogP contribution in [-0.2, 0) is 16.0 Å². The Kier molecular flexibility index (Phi) is 14.5. The van der Waals surface area contributed by atoms with Crippen LogP contribution in [0.15, 0.2) is 54.6 Å². The normalized spacial score (nSPS) is 11.6. The molecule has 1 unspecified atom stereocenters. The molecule has 0 aliphatic carbocycles. The Morgan fingerprint density at radius 2 is 1.65 bits per heavy atom. The maximum Gasteiger partial charge on any atom is 0.306 e. The minimum Gasteiger partial charge on any atom is -0.507 e. The molecule has 9 heteroatoms. The molecule has 0 fully saturated rings. The molecule has 0 saturated heterocycles. The largest absolute Gasteiger partial charge is 0.507 e. The van der Waals surface area contributed by atoms with E-state index in [-0.39, 0.29) is 29.2 Å². The van der Waals surface area contributed by atoms with Crippen LogP contribution >= 0.6 is 34.4 Å². The standard InChI is InChI=1S/C34H41IO7S/c1-4-7-29-32(16-14-27(23(2)36)34(29)39)42-19-6-18-41-26-12-9-24(10-13-26)28(25-11-15-31(37)30(35)22-25)8-5-20-43-21-17-33(38)40-3/h9-16,22,28,37,39H,4-8,17-21H2,1-3H3. The first-order chi connectivity index (χ1) is 20.7. The fourth-order valence-corrected chi connectivity index (χ4v) is 6.20. The average molecular weight is 721 g/mol. The van der Waals surface area contributed by atoms with Gasteiger partial charge in [-0.05, 0) is 102 Å². The van der Waals surface area contributed by atoms with Crippen molar-refractivity contribution in [1.29, 1.82) is 0 Å². The molecule has 3 aromatic carbocycles. The summed E-state index contributed by atoms with van der Waals surface area (Å²) in [5, 5.41) is 20.6. The first-order valence-corrected chi connectivity index (χ1v) is 16.8. The van der Waals surface area contributed by atoms with E-state index < -0.39 is 0 Å². The Hall–Kier alpha value is -2.92. The van der Waals surface area contributed by atoms with Gasteiger partial charge in [0.05, 0.1) is 35.9 Å². The molecule has 0 aromatic heterocycles. The van der Waals surface area contributed by atoms with E-state index >= 15 is 0 Å². The molecule has 3 rings (SSSR count). The van der Waals surface area contributed by atoms with Crippen molar-refractivity contribution >= 4 is 46.1 Å². The van der Waals surface area contributed by atoms with Crippen LogP contribution in [0, 0.1) is 3.57 Å². The summed E-state index contributed by atoms with van der Waals surface area (Å²) >= 11 is 3.91. The van der Waals surface area contributed by atoms with Crippen molar-refractivity contribution in [1.82, 2.24) is 0 Å². The summed E-state index contributed by atoms with van der Waals surface area (Å²) in [6.45, 7) is 4.36. The zero-order valence-corrected chi connectivity index (χ0v) is 28.0. The minimum absolute atomic E-state index is 0.0147. The van der Waals surface area contributed by atoms with Crippen molar-refractivity contribution in [2.24, 2.45) is 0 Å². The number of esters is 1. The fourth-order valence-electron chi connectivity index (χ4n) is 4.77. The third kappa shape index (κ3) is 10.6. The fraction of sp³-hybridized carbons (Fsp3) is 0.412. The Bertz CT molecular complexity index is 1340. The monoisotopic (exact) mass is 720 g/mol. The third-order valence-corrected chi connectivity index (χ3v) is 8.98. The number of carbonyl (C=O) groups excluding carboxylic acids is 2. The molecule has 0 radical (unpaired) electrons. The second kappa shape index (κ2) is 18.0. The Labute approximate surface area is 272 Å². The first-order valence-electron chi connectivity index (χ1n) is 14.6. The number of halogens is 1. The van der Waals surface area contributed by atoms with Gasteiger partial charge in [0.15, 0.2) is 5.78 Å². The van der Waals surface area contributed by atoms with Crippen LogP contribution in [0.4, 0.5) is 0 Å². The molecule has 1 atom stereocenters. The highest BCUT2D eigenvalue weighted by molar-refractivity contribution is 14.1. The van der Waals surface area contributed by atoms with E-state index in [4.69, 9.17) is 14.2 Å². The van der Waals surface area contributed by atoms with Gasteiger partial charge < -0.3 is 24.4 Å². The quantitative estimate of drug-likeness (QED) is 0.0592. The number of thioether (sulfide) groups is 1. The number of rotatable bonds is 18. The number of phenols is 2. The lowest BCUT2D eigenvalue weighted by Gasteiger charge is -2.19. The molecular formula is C34H41IO7S. The molecule has 2 N–H and O–H groups in total. The maximum atomic E-state index is 11.8. The van der Waals surface area contributed by atoms with Gasteiger partial charge in [0, 0.05) is 23.7 Å². The molecule has 0 heterocycles. The van der Waals surface area contributed by atoms with Gasteiger partial charge in [0.2, 0.25) is 0 Å². The summed E-state index contributed by atoms with van der Waals surface area (Å²) in [5.41, 5.74) is 3.32. The number of benzene rings is 3. The topological polar surface area (TPSA) is 102 Å². The van der Waals surface area contributed by atoms with Crippen LogP contribution in [0.3, 0.4) is 0 Å². The Morgan fingerprint density at radius 1 is 0.930 bits per heavy atom. The number of hydrogen-bond donors (Lipinski definition) is 2. The van der Waals surface area contributed by atoms with Crippen molar-refractivity contribution in [3.8, 4) is 23.0 Å². The van der Waals surface area contributed by atoms with Crippen molar-refractivity contribution in [3.05, 3.63) is 80.4 Å². The number of Topliss-reactive ketones (excluding diaryl/α,β-unsaturated/α-hetero) is 1. The van der Waals surface area contributed by atoms with Gasteiger partial charge in [-0.1, -0.05) is 31.5 Å². The summed E-state index contributed by atoms with van der Waals surface area (Å²) in [6.07, 6.45) is 4.46. The molecule has 0 aliphatic heterocycles. The molecule has 3 aromatic rings. The summed E-state index contributed by atoms with van der Waals surface area (Å²) in [4.78, 5) is 23.1. The highest BCUT2D eigenvalue weighted by Crippen LogP contribution is 2.35. The lowest BCUT2D eigenvalue weighted by molar-refractivity contribution is -0.140. The predicted octanol–water partition coefficient (Wildman–Crippen LogP) is 7.91. The van der Waals surface area contributed by atoms with Crippen LogP contribution in [-0.4, -0.2) is 53.8 Å². The first kappa shape index (κ1) is 34.6. The maximum absolute atomic E-state index is 11.8. The van der Waals surface area contributed by atoms with Gasteiger partial charge in [-0.3, -0.25) is 9.59 Å². The van der Waals surface area contributed by atoms with E-state index in [9.17, 15) is 19.8 Å². The second-order valence-electron chi connectivity index (χ2n) is 10.2. The zero-order valence-electron chi connectivity index (χ0n) is 25.1. The van der Waals surface area contributed by atoms with E-state index in [1.54, 1.807) is 30.0 Å². The SMILES string of the molecule is CCCc1c(OCCCOc2ccc(C(CCCSCCC(=O)OC)c3ccc(O)c(I)c3)cc2)ccc(C(C)=O)c1O. The minimum atomic E-state index is -0.180. The molecule has 0 amide bonds. The van der Waals surface area contributed by atoms with Gasteiger partial charge in [0.25, 0.3) is 0 Å². The molecule has 232 valence electrons. The molecular weight excluding hydrogens is 679 g/mol. The number of ether oxygens (including phenoxy) is 3. The van der Waals surface area contributed by atoms with Crippen molar-refractivity contribution < 1.29 is 34.0 Å². The molecule has 0 aliphatic rings. The van der Waals surface area contributed by atoms with Crippen molar-refractivity contribution in [2.45, 2.75) is 58.3 Å². The van der Waals surface area contributed by atoms with E-state index in [0.717, 1.165) is 45.7 Å². The molecule has 0 bridgehead atoms. The number of methoxy groups -OCH3 is 1. The average Bonchev–Trinajstić information content (AvgIpc) is 3.00. The summed E-state index contributed by atoms with van der Waals surface area (Å²) in [5.74, 6) is 3.19. The molecule has 43 heavy (non-hydrogen) atoms. The van der Waals surface area contributed by atoms with E-state index in [1.165, 1.54) is 19.6 Å². The molecule has 0 saturated carbocycles. The lowest BCUT2D eigenvalue weighted by atomic mass is 9.87. The smallest absolute Gasteiger partial charge is 0.306 e. The van der Waals surface area contributed by atoms with Gasteiger partial charge >= 0.3 is 5.97 Å². The van der Waals surface area contributed by atoms with Gasteiger partial charge in [-0.15, -0.1) is 0 Å². The van der Waals surface area contributed by atoms with Crippen LogP contribution in [0.1, 0.15) is 78.9 Å². The molecule has 7 nitrogen and oxygen atoms in total. The zero-order chi connectivity index (χ0) is 31.2. The summed E-state index contributed by atoms with van der Waals surface area (Å²) in [7, 11) is 1.41. The highest BCUT2D eigenvalue weighted by Gasteiger charge is 2.17.